The summed E-state index contributed by atoms with van der Waals surface area (Å²) in [7, 11) is 1.18. The number of unbranched alkanes of at least 4 members (excludes halogenated alkanes) is 2. The van der Waals surface area contributed by atoms with E-state index in [-0.39, 0.29) is 32.0 Å². The van der Waals surface area contributed by atoms with Crippen molar-refractivity contribution in [1.29, 1.82) is 0 Å². The van der Waals surface area contributed by atoms with Crippen molar-refractivity contribution in [1.82, 2.24) is 10.2 Å². The number of hydrogen-bond acceptors (Lipinski definition) is 6. The van der Waals surface area contributed by atoms with Gasteiger partial charge in [-0.15, -0.1) is 0 Å². The minimum Gasteiger partial charge on any atom is -0.468 e. The molecular weight excluding hydrogens is 302 g/mol. The molecule has 0 heterocycles. The predicted molar refractivity (Wildman–Crippen MR) is 86.5 cm³/mol. The fraction of sp³-hybridized carbons (Fsp3) is 0.733. The van der Waals surface area contributed by atoms with Crippen LogP contribution in [0, 0.1) is 0 Å². The van der Waals surface area contributed by atoms with E-state index in [0.717, 1.165) is 4.90 Å². The molecule has 0 aromatic heterocycles. The molecule has 2 amide bonds. The lowest BCUT2D eigenvalue weighted by Crippen LogP contribution is -2.45. The van der Waals surface area contributed by atoms with Gasteiger partial charge in [0.1, 0.15) is 12.3 Å². The van der Waals surface area contributed by atoms with Gasteiger partial charge in [0, 0.05) is 0 Å². The molecule has 0 spiro atoms. The van der Waals surface area contributed by atoms with Gasteiger partial charge >= 0.3 is 5.97 Å². The Morgan fingerprint density at radius 1 is 1.09 bits per heavy atom. The number of esters is 1. The van der Waals surface area contributed by atoms with Gasteiger partial charge in [0.15, 0.2) is 0 Å². The Hall–Kier alpha value is -1.96. The summed E-state index contributed by atoms with van der Waals surface area (Å²) in [6.45, 7) is 4.60. The van der Waals surface area contributed by atoms with Crippen LogP contribution >= 0.6 is 0 Å². The summed E-state index contributed by atoms with van der Waals surface area (Å²) in [6, 6.07) is 0. The first-order chi connectivity index (χ1) is 10.8. The highest BCUT2D eigenvalue weighted by molar-refractivity contribution is 5.90. The van der Waals surface area contributed by atoms with Crippen molar-refractivity contribution in [3.05, 3.63) is 0 Å². The van der Waals surface area contributed by atoms with Crippen LogP contribution in [0.4, 0.5) is 0 Å². The van der Waals surface area contributed by atoms with E-state index in [9.17, 15) is 19.2 Å². The Labute approximate surface area is 137 Å². The molecule has 0 radical (unpaired) electrons. The van der Waals surface area contributed by atoms with Gasteiger partial charge in [-0.2, -0.15) is 0 Å². The molecule has 0 aliphatic carbocycles. The predicted octanol–water partition coefficient (Wildman–Crippen LogP) is -0.152. The molecule has 0 saturated heterocycles. The maximum absolute atomic E-state index is 11.7. The number of nitrogens with two attached hydrogens (primary N) is 1. The van der Waals surface area contributed by atoms with Gasteiger partial charge in [0.25, 0.3) is 0 Å². The second-order valence-electron chi connectivity index (χ2n) is 4.86. The summed E-state index contributed by atoms with van der Waals surface area (Å²) in [6.07, 6.45) is 4.08. The maximum Gasteiger partial charge on any atom is 0.325 e. The third-order valence-electron chi connectivity index (χ3n) is 2.64. The van der Waals surface area contributed by atoms with E-state index in [1.54, 1.807) is 0 Å². The normalized spacial score (nSPS) is 9.26. The number of methoxy groups -OCH3 is 1. The third-order valence-corrected chi connectivity index (χ3v) is 2.64. The molecule has 0 rings (SSSR count). The minimum absolute atomic E-state index is 0.216. The maximum atomic E-state index is 11.7. The van der Waals surface area contributed by atoms with Gasteiger partial charge in [-0.25, -0.2) is 0 Å². The zero-order valence-electron chi connectivity index (χ0n) is 14.5. The average Bonchev–Trinajstić information content (AvgIpc) is 2.52. The van der Waals surface area contributed by atoms with E-state index < -0.39 is 17.8 Å². The first-order valence-corrected chi connectivity index (χ1v) is 7.63. The summed E-state index contributed by atoms with van der Waals surface area (Å²) < 4.78 is 4.41. The van der Waals surface area contributed by atoms with Crippen LogP contribution in [0.5, 0.6) is 0 Å². The molecule has 0 saturated carbocycles. The van der Waals surface area contributed by atoms with Gasteiger partial charge in [0.2, 0.25) is 11.8 Å². The Morgan fingerprint density at radius 3 is 2.00 bits per heavy atom. The molecule has 8 heteroatoms. The lowest BCUT2D eigenvalue weighted by molar-refractivity contribution is -0.147. The van der Waals surface area contributed by atoms with Gasteiger partial charge in [0.05, 0.1) is 26.7 Å². The number of Topliss-reactive ketones (excluding diaryl/α,β-unsaturated/α-hetero) is 1. The van der Waals surface area contributed by atoms with Crippen LogP contribution < -0.4 is 11.1 Å². The Bertz CT molecular complexity index is 383. The van der Waals surface area contributed by atoms with Gasteiger partial charge in [-0.05, 0) is 6.92 Å². The summed E-state index contributed by atoms with van der Waals surface area (Å²) in [5.74, 6) is -1.98. The molecule has 0 aromatic carbocycles. The average molecular weight is 331 g/mol. The highest BCUT2D eigenvalue weighted by Gasteiger charge is 2.19. The van der Waals surface area contributed by atoms with E-state index in [1.165, 1.54) is 33.3 Å². The quantitative estimate of drug-likeness (QED) is 0.567. The smallest absolute Gasteiger partial charge is 0.325 e. The molecule has 0 atom stereocenters. The first kappa shape index (κ1) is 23.3. The number of ether oxygens (including phenoxy) is 1. The third kappa shape index (κ3) is 14.7. The van der Waals surface area contributed by atoms with Crippen molar-refractivity contribution < 1.29 is 23.9 Å². The first-order valence-electron chi connectivity index (χ1n) is 7.63. The van der Waals surface area contributed by atoms with Crippen molar-refractivity contribution in [2.24, 2.45) is 5.73 Å². The molecule has 0 aliphatic rings. The van der Waals surface area contributed by atoms with E-state index in [4.69, 9.17) is 5.73 Å². The fourth-order valence-electron chi connectivity index (χ4n) is 1.43. The lowest BCUT2D eigenvalue weighted by Gasteiger charge is -2.20. The SMILES string of the molecule is CCCCC.COC(=O)CN(CC(C)=O)C(=O)CNC(=O)CN. The van der Waals surface area contributed by atoms with Crippen LogP contribution in [-0.4, -0.2) is 61.8 Å². The van der Waals surface area contributed by atoms with Crippen molar-refractivity contribution in [2.45, 2.75) is 40.0 Å². The van der Waals surface area contributed by atoms with Crippen LogP contribution in [0.25, 0.3) is 0 Å². The highest BCUT2D eigenvalue weighted by Crippen LogP contribution is 1.92. The standard InChI is InChI=1S/C10H17N3O5.C5H12/c1-7(14)5-13(6-10(17)18-2)9(16)4-12-8(15)3-11;1-3-5-4-2/h3-6,11H2,1-2H3,(H,12,15);3-5H2,1-2H3. The largest absolute Gasteiger partial charge is 0.468 e. The molecule has 134 valence electrons. The van der Waals surface area contributed by atoms with Crippen LogP contribution in [0.1, 0.15) is 40.0 Å². The number of ketones is 1. The number of carbonyl (C=O) groups is 4. The topological polar surface area (TPSA) is 119 Å². The zero-order valence-corrected chi connectivity index (χ0v) is 14.5. The Kier molecular flexibility index (Phi) is 15.2. The van der Waals surface area contributed by atoms with Crippen LogP contribution in [0.3, 0.4) is 0 Å². The second-order valence-corrected chi connectivity index (χ2v) is 4.86. The highest BCUT2D eigenvalue weighted by atomic mass is 16.5. The number of carbonyl (C=O) groups excluding carboxylic acids is 4. The van der Waals surface area contributed by atoms with E-state index in [1.807, 2.05) is 0 Å². The van der Waals surface area contributed by atoms with E-state index in [2.05, 4.69) is 23.9 Å². The molecule has 0 aromatic rings. The van der Waals surface area contributed by atoms with Crippen molar-refractivity contribution >= 4 is 23.6 Å². The lowest BCUT2D eigenvalue weighted by atomic mass is 10.3. The second kappa shape index (κ2) is 15.0. The van der Waals surface area contributed by atoms with Crippen LogP contribution in [0.2, 0.25) is 0 Å². The Balaban J connectivity index is 0. The van der Waals surface area contributed by atoms with Crippen molar-refractivity contribution in [2.75, 3.05) is 33.3 Å². The van der Waals surface area contributed by atoms with Crippen LogP contribution in [-0.2, 0) is 23.9 Å². The molecule has 0 unspecified atom stereocenters. The van der Waals surface area contributed by atoms with Gasteiger partial charge in [-0.3, -0.25) is 19.2 Å². The Morgan fingerprint density at radius 2 is 1.65 bits per heavy atom. The summed E-state index contributed by atoms with van der Waals surface area (Å²) in [5.41, 5.74) is 5.05. The summed E-state index contributed by atoms with van der Waals surface area (Å²) >= 11 is 0. The zero-order chi connectivity index (χ0) is 18.3. The van der Waals surface area contributed by atoms with Crippen LogP contribution in [0.15, 0.2) is 0 Å². The molecule has 0 fully saturated rings. The molecule has 0 aliphatic heterocycles. The summed E-state index contributed by atoms with van der Waals surface area (Å²) in [4.78, 5) is 45.6. The monoisotopic (exact) mass is 331 g/mol. The molecule has 23 heavy (non-hydrogen) atoms. The molecule has 0 bridgehead atoms. The number of nitrogens with zero attached hydrogens (tertiary/aromatic N) is 1. The van der Waals surface area contributed by atoms with E-state index in [0.29, 0.717) is 0 Å². The van der Waals surface area contributed by atoms with Gasteiger partial charge < -0.3 is 20.7 Å². The number of amides is 2. The minimum atomic E-state index is -0.644. The van der Waals surface area contributed by atoms with Gasteiger partial charge in [-0.1, -0.05) is 33.1 Å². The summed E-state index contributed by atoms with van der Waals surface area (Å²) in [5, 5.41) is 2.26. The number of nitrogens with one attached hydrogen (secondary N) is 1. The number of rotatable bonds is 9. The van der Waals surface area contributed by atoms with Crippen molar-refractivity contribution in [3.8, 4) is 0 Å². The molecular formula is C15H29N3O5. The number of hydrogen-bond donors (Lipinski definition) is 2. The fourth-order valence-corrected chi connectivity index (χ4v) is 1.43. The van der Waals surface area contributed by atoms with Crippen molar-refractivity contribution in [3.63, 3.8) is 0 Å². The molecule has 3 N–H and O–H groups in total. The molecule has 8 nitrogen and oxygen atoms in total. The van der Waals surface area contributed by atoms with E-state index >= 15 is 0 Å².